The van der Waals surface area contributed by atoms with Gasteiger partial charge in [-0.05, 0) is 73.2 Å². The second-order valence-corrected chi connectivity index (χ2v) is 8.12. The Balaban J connectivity index is 1.41. The Morgan fingerprint density at radius 3 is 2.83 bits per heavy atom. The van der Waals surface area contributed by atoms with E-state index in [1.807, 2.05) is 37.3 Å². The van der Waals surface area contributed by atoms with Crippen molar-refractivity contribution in [2.24, 2.45) is 5.92 Å². The third-order valence-electron chi connectivity index (χ3n) is 6.33. The molecule has 2 heterocycles. The molecule has 7 heteroatoms. The fourth-order valence-electron chi connectivity index (χ4n) is 4.89. The lowest BCUT2D eigenvalue weighted by Gasteiger charge is -2.17. The van der Waals surface area contributed by atoms with Crippen molar-refractivity contribution in [2.45, 2.75) is 38.1 Å². The van der Waals surface area contributed by atoms with Gasteiger partial charge in [-0.25, -0.2) is 0 Å². The highest BCUT2D eigenvalue weighted by atomic mass is 16.5. The van der Waals surface area contributed by atoms with Crippen molar-refractivity contribution in [1.82, 2.24) is 10.1 Å². The van der Waals surface area contributed by atoms with Crippen molar-refractivity contribution >= 4 is 11.7 Å². The zero-order chi connectivity index (χ0) is 20.8. The van der Waals surface area contributed by atoms with Crippen molar-refractivity contribution in [2.75, 3.05) is 12.4 Å². The van der Waals surface area contributed by atoms with Crippen LogP contribution in [0.5, 0.6) is 5.75 Å². The summed E-state index contributed by atoms with van der Waals surface area (Å²) in [6.07, 6.45) is 2.14. The second-order valence-electron chi connectivity index (χ2n) is 8.12. The van der Waals surface area contributed by atoms with Gasteiger partial charge in [-0.1, -0.05) is 5.16 Å². The third kappa shape index (κ3) is 3.10. The van der Waals surface area contributed by atoms with E-state index in [4.69, 9.17) is 9.26 Å². The first kappa shape index (κ1) is 18.7. The smallest absolute Gasteiger partial charge is 0.303 e. The first-order valence-corrected chi connectivity index (χ1v) is 10.1. The van der Waals surface area contributed by atoms with Crippen LogP contribution in [0.25, 0.3) is 22.8 Å². The molecule has 154 valence electrons. The van der Waals surface area contributed by atoms with E-state index in [0.717, 1.165) is 41.0 Å². The minimum atomic E-state index is -0.729. The van der Waals surface area contributed by atoms with E-state index in [1.54, 1.807) is 7.11 Å². The van der Waals surface area contributed by atoms with Crippen LogP contribution in [-0.2, 0) is 4.79 Å². The molecule has 7 nitrogen and oxygen atoms in total. The molecule has 2 aliphatic rings. The van der Waals surface area contributed by atoms with Crippen LogP contribution in [0.15, 0.2) is 40.9 Å². The number of fused-ring (bicyclic) bond motifs is 3. The summed E-state index contributed by atoms with van der Waals surface area (Å²) in [4.78, 5) is 15.8. The number of anilines is 1. The number of carboxylic acids is 1. The number of nitrogens with one attached hydrogen (secondary N) is 1. The predicted octanol–water partition coefficient (Wildman–Crippen LogP) is 4.48. The summed E-state index contributed by atoms with van der Waals surface area (Å²) in [6.45, 7) is 1.97. The number of carboxylic acid groups (broad SMARTS) is 1. The lowest BCUT2D eigenvalue weighted by molar-refractivity contribution is -0.138. The molecule has 30 heavy (non-hydrogen) atoms. The highest BCUT2D eigenvalue weighted by Crippen LogP contribution is 2.49. The summed E-state index contributed by atoms with van der Waals surface area (Å²) in [6, 6.07) is 12.1. The quantitative estimate of drug-likeness (QED) is 0.646. The van der Waals surface area contributed by atoms with Crippen LogP contribution in [0.3, 0.4) is 0 Å². The fourth-order valence-corrected chi connectivity index (χ4v) is 4.89. The molecule has 0 bridgehead atoms. The highest BCUT2D eigenvalue weighted by molar-refractivity contribution is 5.71. The van der Waals surface area contributed by atoms with E-state index in [-0.39, 0.29) is 18.4 Å². The average molecular weight is 405 g/mol. The summed E-state index contributed by atoms with van der Waals surface area (Å²) in [5.74, 6) is 1.60. The van der Waals surface area contributed by atoms with Gasteiger partial charge in [0, 0.05) is 28.8 Å². The van der Waals surface area contributed by atoms with Crippen molar-refractivity contribution < 1.29 is 19.2 Å². The van der Waals surface area contributed by atoms with Gasteiger partial charge in [0.25, 0.3) is 5.89 Å². The van der Waals surface area contributed by atoms with Gasteiger partial charge in [0.2, 0.25) is 5.82 Å². The molecule has 5 rings (SSSR count). The van der Waals surface area contributed by atoms with Gasteiger partial charge in [0.05, 0.1) is 13.5 Å². The maximum Gasteiger partial charge on any atom is 0.303 e. The number of nitrogens with zero attached hydrogens (tertiary/aromatic N) is 2. The van der Waals surface area contributed by atoms with Crippen LogP contribution in [0.1, 0.15) is 36.3 Å². The average Bonchev–Trinajstić information content (AvgIpc) is 3.43. The van der Waals surface area contributed by atoms with Crippen LogP contribution in [0, 0.1) is 12.8 Å². The Hall–Kier alpha value is -3.35. The first-order valence-electron chi connectivity index (χ1n) is 10.1. The second kappa shape index (κ2) is 7.16. The maximum atomic E-state index is 11.2. The minimum absolute atomic E-state index is 0.165. The topological polar surface area (TPSA) is 97.5 Å². The van der Waals surface area contributed by atoms with Gasteiger partial charge in [0.15, 0.2) is 0 Å². The molecule has 0 spiro atoms. The van der Waals surface area contributed by atoms with Gasteiger partial charge in [-0.3, -0.25) is 4.79 Å². The summed E-state index contributed by atoms with van der Waals surface area (Å²) in [5.41, 5.74) is 5.05. The van der Waals surface area contributed by atoms with E-state index in [1.165, 1.54) is 5.56 Å². The van der Waals surface area contributed by atoms with Crippen LogP contribution in [-0.4, -0.2) is 34.4 Å². The SMILES string of the molecule is COc1ccc(-c2nc(-c3ccc4c(c3)C3CCC(CC(=O)O)C3N4)no2)cc1C. The number of carbonyl (C=O) groups is 1. The summed E-state index contributed by atoms with van der Waals surface area (Å²) in [7, 11) is 1.65. The van der Waals surface area contributed by atoms with E-state index in [9.17, 15) is 9.90 Å². The molecule has 0 radical (unpaired) electrons. The molecule has 3 unspecified atom stereocenters. The largest absolute Gasteiger partial charge is 0.496 e. The molecule has 1 aromatic heterocycles. The number of hydrogen-bond donors (Lipinski definition) is 2. The number of methoxy groups -OCH3 is 1. The summed E-state index contributed by atoms with van der Waals surface area (Å²) < 4.78 is 10.8. The number of hydrogen-bond acceptors (Lipinski definition) is 6. The Morgan fingerprint density at radius 1 is 1.23 bits per heavy atom. The molecule has 0 amide bonds. The van der Waals surface area contributed by atoms with E-state index < -0.39 is 5.97 Å². The molecule has 3 atom stereocenters. The van der Waals surface area contributed by atoms with Crippen molar-refractivity contribution in [3.8, 4) is 28.6 Å². The Morgan fingerprint density at radius 2 is 2.07 bits per heavy atom. The lowest BCUT2D eigenvalue weighted by atomic mass is 9.93. The fraction of sp³-hybridized carbons (Fsp3) is 0.348. The summed E-state index contributed by atoms with van der Waals surface area (Å²) >= 11 is 0. The van der Waals surface area contributed by atoms with Crippen LogP contribution >= 0.6 is 0 Å². The molecule has 2 aromatic carbocycles. The number of aryl methyl sites for hydroxylation is 1. The normalized spacial score (nSPS) is 21.7. The number of ether oxygens (including phenoxy) is 1. The van der Waals surface area contributed by atoms with Crippen molar-refractivity contribution in [3.05, 3.63) is 47.5 Å². The molecule has 1 fully saturated rings. The number of aromatic nitrogens is 2. The van der Waals surface area contributed by atoms with Gasteiger partial charge in [0.1, 0.15) is 5.75 Å². The number of benzene rings is 2. The molecular weight excluding hydrogens is 382 g/mol. The van der Waals surface area contributed by atoms with Crippen molar-refractivity contribution in [3.63, 3.8) is 0 Å². The Kier molecular flexibility index (Phi) is 4.46. The molecular formula is C23H23N3O4. The Bertz CT molecular complexity index is 1120. The lowest BCUT2D eigenvalue weighted by Crippen LogP contribution is -2.25. The van der Waals surface area contributed by atoms with Crippen LogP contribution < -0.4 is 10.1 Å². The van der Waals surface area contributed by atoms with E-state index in [0.29, 0.717) is 17.6 Å². The maximum absolute atomic E-state index is 11.2. The predicted molar refractivity (Wildman–Crippen MR) is 112 cm³/mol. The molecule has 0 saturated heterocycles. The summed E-state index contributed by atoms with van der Waals surface area (Å²) in [5, 5.41) is 16.9. The molecule has 1 aliphatic heterocycles. The minimum Gasteiger partial charge on any atom is -0.496 e. The molecule has 2 N–H and O–H groups in total. The highest BCUT2D eigenvalue weighted by Gasteiger charge is 2.43. The number of aliphatic carboxylic acids is 1. The monoisotopic (exact) mass is 405 g/mol. The van der Waals surface area contributed by atoms with E-state index >= 15 is 0 Å². The standard InChI is InChI=1S/C23H23N3O4/c1-12-9-15(5-8-19(12)29-2)23-25-22(26-30-23)14-4-7-18-17(10-14)16-6-3-13(11-20(27)28)21(16)24-18/h4-5,7-10,13,16,21,24H,3,6,11H2,1-2H3,(H,27,28). The van der Waals surface area contributed by atoms with Gasteiger partial charge in [-0.2, -0.15) is 4.98 Å². The van der Waals surface area contributed by atoms with Crippen LogP contribution in [0.2, 0.25) is 0 Å². The third-order valence-corrected chi connectivity index (χ3v) is 6.33. The van der Waals surface area contributed by atoms with Crippen molar-refractivity contribution in [1.29, 1.82) is 0 Å². The molecule has 1 aliphatic carbocycles. The molecule has 3 aromatic rings. The van der Waals surface area contributed by atoms with E-state index in [2.05, 4.69) is 21.5 Å². The van der Waals surface area contributed by atoms with Gasteiger partial charge < -0.3 is 19.7 Å². The Labute approximate surface area is 174 Å². The zero-order valence-electron chi connectivity index (χ0n) is 16.9. The molecule has 1 saturated carbocycles. The van der Waals surface area contributed by atoms with Gasteiger partial charge in [-0.15, -0.1) is 0 Å². The zero-order valence-corrected chi connectivity index (χ0v) is 16.9. The van der Waals surface area contributed by atoms with Gasteiger partial charge >= 0.3 is 5.97 Å². The number of rotatable bonds is 5. The first-order chi connectivity index (χ1) is 14.5. The van der Waals surface area contributed by atoms with Crippen LogP contribution in [0.4, 0.5) is 5.69 Å².